The van der Waals surface area contributed by atoms with Gasteiger partial charge in [-0.1, -0.05) is 287 Å². The number of unbranched alkanes of at least 4 members (excludes halogenated alkanes) is 34. The summed E-state index contributed by atoms with van der Waals surface area (Å²) < 4.78 is 68.4. The summed E-state index contributed by atoms with van der Waals surface area (Å²) in [6, 6.07) is 0. The molecule has 5 unspecified atom stereocenters. The predicted molar refractivity (Wildman–Crippen MR) is 390 cm³/mol. The van der Waals surface area contributed by atoms with E-state index in [0.29, 0.717) is 25.7 Å². The third-order valence-corrected chi connectivity index (χ3v) is 18.1. The molecule has 0 radical (unpaired) electrons. The molecule has 0 aliphatic rings. The van der Waals surface area contributed by atoms with Gasteiger partial charge in [-0.2, -0.15) is 0 Å². The monoisotopic (exact) mass is 1400 g/mol. The Morgan fingerprint density at radius 1 is 0.302 bits per heavy atom. The summed E-state index contributed by atoms with van der Waals surface area (Å²) >= 11 is 0. The van der Waals surface area contributed by atoms with Gasteiger partial charge in [-0.25, -0.2) is 9.13 Å². The molecule has 17 nitrogen and oxygen atoms in total. The lowest BCUT2D eigenvalue weighted by Gasteiger charge is -2.21. The van der Waals surface area contributed by atoms with E-state index in [2.05, 4.69) is 101 Å². The summed E-state index contributed by atoms with van der Waals surface area (Å²) in [5.41, 5.74) is 0. The van der Waals surface area contributed by atoms with Gasteiger partial charge in [0.05, 0.1) is 26.4 Å². The van der Waals surface area contributed by atoms with Gasteiger partial charge in [0, 0.05) is 25.7 Å². The number of rotatable bonds is 72. The van der Waals surface area contributed by atoms with Gasteiger partial charge in [-0.05, 0) is 96.3 Å². The first-order valence-corrected chi connectivity index (χ1v) is 41.2. The molecule has 0 saturated carbocycles. The van der Waals surface area contributed by atoms with E-state index in [1.54, 1.807) is 0 Å². The fraction of sp³-hybridized carbons (Fsp3) is 0.792. The Hall–Kier alpha value is -3.50. The van der Waals surface area contributed by atoms with Gasteiger partial charge in [0.1, 0.15) is 19.3 Å². The first-order chi connectivity index (χ1) is 46.7. The SMILES string of the molecule is CC/C=C\C/C=C\C/C=C\CCCCCCCC(=O)OCC(COP(=O)(O)OCC(O)COP(=O)(O)OCC(COC(=O)CCCCCCCC/C=C\C/C=C\C/C=C\CCCCC)OC(=O)CCCCCCCCCCCCC)OC(=O)CCCCCCCCCCCCC. The molecule has 19 heteroatoms. The molecule has 0 spiro atoms. The minimum atomic E-state index is -4.97. The van der Waals surface area contributed by atoms with Crippen LogP contribution < -0.4 is 0 Å². The Bertz CT molecular complexity index is 2110. The van der Waals surface area contributed by atoms with Crippen LogP contribution in [0, 0.1) is 0 Å². The van der Waals surface area contributed by atoms with E-state index in [9.17, 15) is 43.2 Å². The van der Waals surface area contributed by atoms with Crippen LogP contribution in [0.5, 0.6) is 0 Å². The predicted octanol–water partition coefficient (Wildman–Crippen LogP) is 21.7. The second-order valence-corrected chi connectivity index (χ2v) is 28.5. The molecule has 0 heterocycles. The lowest BCUT2D eigenvalue weighted by molar-refractivity contribution is -0.161. The Labute approximate surface area is 583 Å². The van der Waals surface area contributed by atoms with Gasteiger partial charge >= 0.3 is 39.5 Å². The van der Waals surface area contributed by atoms with Gasteiger partial charge in [-0.3, -0.25) is 37.3 Å². The molecule has 0 bridgehead atoms. The Morgan fingerprint density at radius 3 is 0.854 bits per heavy atom. The molecule has 0 aromatic rings. The largest absolute Gasteiger partial charge is 0.472 e. The van der Waals surface area contributed by atoms with E-state index in [1.807, 2.05) is 0 Å². The number of carbonyl (C=O) groups is 4. The number of hydrogen-bond acceptors (Lipinski definition) is 15. The maximum absolute atomic E-state index is 13.1. The third-order valence-electron chi connectivity index (χ3n) is 16.2. The first kappa shape index (κ1) is 92.5. The topological polar surface area (TPSA) is 237 Å². The highest BCUT2D eigenvalue weighted by molar-refractivity contribution is 7.47. The Kier molecular flexibility index (Phi) is 67.4. The fourth-order valence-corrected chi connectivity index (χ4v) is 11.9. The molecule has 0 aromatic carbocycles. The van der Waals surface area contributed by atoms with Gasteiger partial charge in [0.25, 0.3) is 0 Å². The summed E-state index contributed by atoms with van der Waals surface area (Å²) in [6.07, 6.45) is 69.0. The lowest BCUT2D eigenvalue weighted by atomic mass is 10.1. The lowest BCUT2D eigenvalue weighted by Crippen LogP contribution is -2.30. The van der Waals surface area contributed by atoms with E-state index < -0.39 is 97.5 Å². The second kappa shape index (κ2) is 70.0. The van der Waals surface area contributed by atoms with Crippen molar-refractivity contribution in [3.05, 3.63) is 72.9 Å². The van der Waals surface area contributed by atoms with Crippen LogP contribution in [0.2, 0.25) is 0 Å². The van der Waals surface area contributed by atoms with Crippen LogP contribution in [0.3, 0.4) is 0 Å². The number of ether oxygens (including phenoxy) is 4. The highest BCUT2D eigenvalue weighted by Gasteiger charge is 2.30. The number of allylic oxidation sites excluding steroid dienone is 12. The number of esters is 4. The van der Waals surface area contributed by atoms with E-state index >= 15 is 0 Å². The van der Waals surface area contributed by atoms with Crippen LogP contribution in [-0.4, -0.2) is 96.7 Å². The number of hydrogen-bond donors (Lipinski definition) is 3. The van der Waals surface area contributed by atoms with Crippen molar-refractivity contribution in [1.82, 2.24) is 0 Å². The molecule has 3 N–H and O–H groups in total. The van der Waals surface area contributed by atoms with Crippen molar-refractivity contribution < 1.29 is 80.2 Å². The summed E-state index contributed by atoms with van der Waals surface area (Å²) in [5.74, 6) is -2.18. The summed E-state index contributed by atoms with van der Waals surface area (Å²) in [4.78, 5) is 72.7. The molecule has 0 aromatic heterocycles. The van der Waals surface area contributed by atoms with Crippen molar-refractivity contribution in [1.29, 1.82) is 0 Å². The molecule has 0 amide bonds. The zero-order valence-corrected chi connectivity index (χ0v) is 62.6. The van der Waals surface area contributed by atoms with Crippen molar-refractivity contribution in [3.63, 3.8) is 0 Å². The van der Waals surface area contributed by atoms with Crippen LogP contribution >= 0.6 is 15.6 Å². The van der Waals surface area contributed by atoms with E-state index in [0.717, 1.165) is 161 Å². The van der Waals surface area contributed by atoms with Crippen LogP contribution in [0.1, 0.15) is 336 Å². The summed E-state index contributed by atoms with van der Waals surface area (Å²) in [7, 11) is -9.93. The van der Waals surface area contributed by atoms with Gasteiger partial charge in [0.2, 0.25) is 0 Å². The van der Waals surface area contributed by atoms with Crippen molar-refractivity contribution in [2.24, 2.45) is 0 Å². The zero-order chi connectivity index (χ0) is 70.4. The van der Waals surface area contributed by atoms with E-state index in [4.69, 9.17) is 37.0 Å². The Morgan fingerprint density at radius 2 is 0.542 bits per heavy atom. The molecule has 0 aliphatic heterocycles. The number of phosphoric acid groups is 2. The molecule has 0 saturated heterocycles. The fourth-order valence-electron chi connectivity index (χ4n) is 10.4. The van der Waals surface area contributed by atoms with Crippen LogP contribution in [0.4, 0.5) is 0 Å². The minimum Gasteiger partial charge on any atom is -0.462 e. The molecule has 96 heavy (non-hydrogen) atoms. The quantitative estimate of drug-likeness (QED) is 0.0169. The summed E-state index contributed by atoms with van der Waals surface area (Å²) in [6.45, 7) is 4.72. The average molecular weight is 1400 g/mol. The minimum absolute atomic E-state index is 0.0957. The van der Waals surface area contributed by atoms with Crippen LogP contribution in [0.15, 0.2) is 72.9 Å². The molecule has 0 rings (SSSR count). The maximum atomic E-state index is 13.1. The molecular weight excluding hydrogens is 1260 g/mol. The zero-order valence-electron chi connectivity index (χ0n) is 60.8. The molecule has 0 fully saturated rings. The van der Waals surface area contributed by atoms with E-state index in [1.165, 1.54) is 96.3 Å². The number of aliphatic hydroxyl groups excluding tert-OH is 1. The third kappa shape index (κ3) is 69.0. The molecular formula is C77H138O17P2. The summed E-state index contributed by atoms with van der Waals surface area (Å²) in [5, 5.41) is 10.6. The van der Waals surface area contributed by atoms with Crippen molar-refractivity contribution in [2.45, 2.75) is 354 Å². The van der Waals surface area contributed by atoms with Crippen LogP contribution in [-0.2, 0) is 65.4 Å². The van der Waals surface area contributed by atoms with Gasteiger partial charge in [0.15, 0.2) is 12.2 Å². The highest BCUT2D eigenvalue weighted by atomic mass is 31.2. The normalized spacial score (nSPS) is 14.4. The number of phosphoric ester groups is 2. The second-order valence-electron chi connectivity index (χ2n) is 25.6. The van der Waals surface area contributed by atoms with Gasteiger partial charge < -0.3 is 33.8 Å². The van der Waals surface area contributed by atoms with Crippen molar-refractivity contribution in [3.8, 4) is 0 Å². The standard InChI is InChI=1S/C77H138O17P2/c1-5-9-13-17-21-25-29-31-33-34-35-36-38-40-44-46-50-54-58-62-75(80)88-68-73(94-77(82)64-60-56-52-48-42-28-24-20-16-12-8-4)70-92-96(85,86)90-66-71(78)65-89-95(83,84)91-69-72(93-76(81)63-59-55-51-47-41-27-23-19-15-11-7-3)67-87-74(79)61-57-53-49-45-43-39-37-32-30-26-22-18-14-10-6-2/h10,14,21-22,25-26,31-33,35-37,71-73,78H,5-9,11-13,15-20,23-24,27-30,34,38-70H2,1-4H3,(H,83,84)(H,85,86)/b14-10-,25-21-,26-22-,33-31-,36-35-,37-32-. The van der Waals surface area contributed by atoms with Crippen molar-refractivity contribution in [2.75, 3.05) is 39.6 Å². The number of carbonyl (C=O) groups excluding carboxylic acids is 4. The maximum Gasteiger partial charge on any atom is 0.472 e. The molecule has 0 aliphatic carbocycles. The molecule has 558 valence electrons. The van der Waals surface area contributed by atoms with E-state index in [-0.39, 0.29) is 25.7 Å². The Balaban J connectivity index is 5.27. The molecule has 5 atom stereocenters. The first-order valence-electron chi connectivity index (χ1n) is 38.2. The van der Waals surface area contributed by atoms with Crippen LogP contribution in [0.25, 0.3) is 0 Å². The highest BCUT2D eigenvalue weighted by Crippen LogP contribution is 2.45. The van der Waals surface area contributed by atoms with Gasteiger partial charge in [-0.15, -0.1) is 0 Å². The smallest absolute Gasteiger partial charge is 0.462 e. The van der Waals surface area contributed by atoms with Crippen molar-refractivity contribution >= 4 is 39.5 Å². The number of aliphatic hydroxyl groups is 1. The average Bonchev–Trinajstić information content (AvgIpc) is 1.56.